The molecule has 0 saturated heterocycles. The van der Waals surface area contributed by atoms with Crippen LogP contribution in [0.4, 0.5) is 11.4 Å². The van der Waals surface area contributed by atoms with Gasteiger partial charge in [-0.05, 0) is 31.0 Å². The Morgan fingerprint density at radius 1 is 1.14 bits per heavy atom. The van der Waals surface area contributed by atoms with Crippen LogP contribution in [-0.2, 0) is 0 Å². The van der Waals surface area contributed by atoms with Gasteiger partial charge >= 0.3 is 0 Å². The maximum absolute atomic E-state index is 12.9. The molecule has 110 valence electrons. The molecule has 0 unspecified atom stereocenters. The highest BCUT2D eigenvalue weighted by Crippen LogP contribution is 2.46. The summed E-state index contributed by atoms with van der Waals surface area (Å²) in [4.78, 5) is 27.1. The molecule has 22 heavy (non-hydrogen) atoms. The SMILES string of the molecule is O=C1c2ccccc2Sc2ccc([N+](=O)[O-])cc2N1C1CC1. The Balaban J connectivity index is 1.93. The van der Waals surface area contributed by atoms with E-state index in [0.29, 0.717) is 11.3 Å². The number of nitro groups is 1. The van der Waals surface area contributed by atoms with E-state index in [1.54, 1.807) is 11.0 Å². The van der Waals surface area contributed by atoms with Crippen LogP contribution in [0.15, 0.2) is 52.3 Å². The zero-order chi connectivity index (χ0) is 15.3. The van der Waals surface area contributed by atoms with Crippen molar-refractivity contribution in [3.8, 4) is 0 Å². The van der Waals surface area contributed by atoms with Gasteiger partial charge in [-0.1, -0.05) is 23.9 Å². The Morgan fingerprint density at radius 2 is 1.91 bits per heavy atom. The Hall–Kier alpha value is -2.34. The first-order valence-corrected chi connectivity index (χ1v) is 7.85. The number of amides is 1. The number of carbonyl (C=O) groups is 1. The Kier molecular flexibility index (Phi) is 2.94. The van der Waals surface area contributed by atoms with Gasteiger partial charge in [0.15, 0.2) is 0 Å². The molecule has 1 amide bonds. The summed E-state index contributed by atoms with van der Waals surface area (Å²) in [5, 5.41) is 11.1. The van der Waals surface area contributed by atoms with E-state index in [9.17, 15) is 14.9 Å². The van der Waals surface area contributed by atoms with E-state index in [4.69, 9.17) is 0 Å². The smallest absolute Gasteiger partial charge is 0.271 e. The van der Waals surface area contributed by atoms with E-state index in [-0.39, 0.29) is 17.6 Å². The van der Waals surface area contributed by atoms with Crippen LogP contribution in [0.25, 0.3) is 0 Å². The molecule has 0 aromatic heterocycles. The number of carbonyl (C=O) groups excluding carboxylic acids is 1. The van der Waals surface area contributed by atoms with Crippen LogP contribution in [0, 0.1) is 10.1 Å². The molecule has 1 heterocycles. The summed E-state index contributed by atoms with van der Waals surface area (Å²) >= 11 is 1.49. The van der Waals surface area contributed by atoms with Crippen molar-refractivity contribution in [3.63, 3.8) is 0 Å². The second kappa shape index (κ2) is 4.84. The topological polar surface area (TPSA) is 63.4 Å². The van der Waals surface area contributed by atoms with Crippen molar-refractivity contribution in [1.29, 1.82) is 0 Å². The quantitative estimate of drug-likeness (QED) is 0.624. The molecule has 0 N–H and O–H groups in total. The lowest BCUT2D eigenvalue weighted by Gasteiger charge is -2.22. The molecular formula is C16H12N2O3S. The Labute approximate surface area is 131 Å². The second-order valence-electron chi connectivity index (χ2n) is 5.41. The van der Waals surface area contributed by atoms with Crippen molar-refractivity contribution in [2.75, 3.05) is 4.90 Å². The number of nitro benzene ring substituents is 1. The third-order valence-corrected chi connectivity index (χ3v) is 5.02. The average Bonchev–Trinajstić information content (AvgIpc) is 3.33. The van der Waals surface area contributed by atoms with Gasteiger partial charge in [0.2, 0.25) is 0 Å². The van der Waals surface area contributed by atoms with Crippen LogP contribution >= 0.6 is 11.8 Å². The number of benzene rings is 2. The molecular weight excluding hydrogens is 300 g/mol. The molecule has 0 bridgehead atoms. The van der Waals surface area contributed by atoms with Gasteiger partial charge in [-0.15, -0.1) is 0 Å². The molecule has 6 heteroatoms. The van der Waals surface area contributed by atoms with E-state index >= 15 is 0 Å². The fourth-order valence-electron chi connectivity index (χ4n) is 2.68. The number of rotatable bonds is 2. The molecule has 5 nitrogen and oxygen atoms in total. The van der Waals surface area contributed by atoms with E-state index in [0.717, 1.165) is 22.6 Å². The zero-order valence-corrected chi connectivity index (χ0v) is 12.4. The van der Waals surface area contributed by atoms with Crippen LogP contribution < -0.4 is 4.90 Å². The summed E-state index contributed by atoms with van der Waals surface area (Å²) in [5.41, 5.74) is 1.34. The summed E-state index contributed by atoms with van der Waals surface area (Å²) in [7, 11) is 0. The van der Waals surface area contributed by atoms with Crippen molar-refractivity contribution in [1.82, 2.24) is 0 Å². The summed E-state index contributed by atoms with van der Waals surface area (Å²) < 4.78 is 0. The van der Waals surface area contributed by atoms with E-state index in [2.05, 4.69) is 0 Å². The van der Waals surface area contributed by atoms with Gasteiger partial charge in [0.1, 0.15) is 0 Å². The molecule has 0 atom stereocenters. The Bertz CT molecular complexity index is 802. The summed E-state index contributed by atoms with van der Waals surface area (Å²) in [6, 6.07) is 12.4. The van der Waals surface area contributed by atoms with Crippen molar-refractivity contribution < 1.29 is 9.72 Å². The van der Waals surface area contributed by atoms with Gasteiger partial charge in [0.25, 0.3) is 11.6 Å². The average molecular weight is 312 g/mol. The molecule has 4 rings (SSSR count). The molecule has 1 aliphatic carbocycles. The van der Waals surface area contributed by atoms with Crippen molar-refractivity contribution in [2.45, 2.75) is 28.7 Å². The first-order valence-electron chi connectivity index (χ1n) is 7.04. The number of non-ortho nitro benzene ring substituents is 1. The highest BCUT2D eigenvalue weighted by molar-refractivity contribution is 7.99. The number of nitrogens with zero attached hydrogens (tertiary/aromatic N) is 2. The molecule has 1 saturated carbocycles. The lowest BCUT2D eigenvalue weighted by atomic mass is 10.1. The van der Waals surface area contributed by atoms with Crippen LogP contribution in [0.3, 0.4) is 0 Å². The maximum atomic E-state index is 12.9. The summed E-state index contributed by atoms with van der Waals surface area (Å²) in [6.45, 7) is 0. The molecule has 2 aromatic rings. The minimum absolute atomic E-state index is 0.0174. The van der Waals surface area contributed by atoms with Gasteiger partial charge in [-0.25, -0.2) is 0 Å². The predicted octanol–water partition coefficient (Wildman–Crippen LogP) is 3.87. The normalized spacial score (nSPS) is 16.7. The first kappa shape index (κ1) is 13.3. The van der Waals surface area contributed by atoms with E-state index < -0.39 is 4.92 Å². The summed E-state index contributed by atoms with van der Waals surface area (Å²) in [6.07, 6.45) is 1.89. The highest BCUT2D eigenvalue weighted by Gasteiger charge is 2.38. The Morgan fingerprint density at radius 3 is 2.64 bits per heavy atom. The van der Waals surface area contributed by atoms with E-state index in [1.807, 2.05) is 24.3 Å². The molecule has 0 spiro atoms. The highest BCUT2D eigenvalue weighted by atomic mass is 32.2. The molecule has 2 aliphatic rings. The standard InChI is InChI=1S/C16H12N2O3S/c19-16-12-3-1-2-4-14(12)22-15-8-7-11(18(20)21)9-13(15)17(16)10-5-6-10/h1-4,7-10H,5-6H2. The molecule has 0 radical (unpaired) electrons. The molecule has 1 fully saturated rings. The lowest BCUT2D eigenvalue weighted by molar-refractivity contribution is -0.384. The predicted molar refractivity (Wildman–Crippen MR) is 83.5 cm³/mol. The first-order chi connectivity index (χ1) is 10.6. The van der Waals surface area contributed by atoms with Gasteiger partial charge in [-0.2, -0.15) is 0 Å². The zero-order valence-electron chi connectivity index (χ0n) is 11.6. The van der Waals surface area contributed by atoms with Gasteiger partial charge in [-0.3, -0.25) is 14.9 Å². The number of hydrogen-bond acceptors (Lipinski definition) is 4. The molecule has 1 aliphatic heterocycles. The molecule has 2 aromatic carbocycles. The fraction of sp³-hybridized carbons (Fsp3) is 0.188. The number of anilines is 1. The largest absolute Gasteiger partial charge is 0.304 e. The number of hydrogen-bond donors (Lipinski definition) is 0. The number of fused-ring (bicyclic) bond motifs is 2. The lowest BCUT2D eigenvalue weighted by Crippen LogP contribution is -2.32. The second-order valence-corrected chi connectivity index (χ2v) is 6.50. The van der Waals surface area contributed by atoms with Crippen LogP contribution in [-0.4, -0.2) is 16.9 Å². The van der Waals surface area contributed by atoms with Gasteiger partial charge < -0.3 is 4.90 Å². The van der Waals surface area contributed by atoms with Crippen LogP contribution in [0.2, 0.25) is 0 Å². The third-order valence-electron chi connectivity index (χ3n) is 3.88. The van der Waals surface area contributed by atoms with Crippen LogP contribution in [0.5, 0.6) is 0 Å². The summed E-state index contributed by atoms with van der Waals surface area (Å²) in [5.74, 6) is -0.0650. The van der Waals surface area contributed by atoms with E-state index in [1.165, 1.54) is 23.9 Å². The van der Waals surface area contributed by atoms with Crippen LogP contribution in [0.1, 0.15) is 23.2 Å². The monoisotopic (exact) mass is 312 g/mol. The minimum Gasteiger partial charge on any atom is -0.304 e. The van der Waals surface area contributed by atoms with Gasteiger partial charge in [0.05, 0.1) is 16.2 Å². The minimum atomic E-state index is -0.418. The van der Waals surface area contributed by atoms with Crippen molar-refractivity contribution in [2.24, 2.45) is 0 Å². The fourth-order valence-corrected chi connectivity index (χ4v) is 3.73. The van der Waals surface area contributed by atoms with Crippen molar-refractivity contribution in [3.05, 3.63) is 58.1 Å². The third kappa shape index (κ3) is 2.07. The maximum Gasteiger partial charge on any atom is 0.271 e. The van der Waals surface area contributed by atoms with Gasteiger partial charge in [0, 0.05) is 28.0 Å². The van der Waals surface area contributed by atoms with Crippen molar-refractivity contribution >= 4 is 29.0 Å².